The molecule has 0 radical (unpaired) electrons. The SMILES string of the molecule is CCOC(=O)CCNCNC=O. The lowest BCUT2D eigenvalue weighted by atomic mass is 10.4. The Labute approximate surface area is 71.5 Å². The van der Waals surface area contributed by atoms with Crippen LogP contribution >= 0.6 is 0 Å². The van der Waals surface area contributed by atoms with Gasteiger partial charge in [-0.15, -0.1) is 0 Å². The van der Waals surface area contributed by atoms with Crippen LogP contribution in [0.15, 0.2) is 0 Å². The minimum atomic E-state index is -0.226. The van der Waals surface area contributed by atoms with Crippen LogP contribution in [-0.2, 0) is 14.3 Å². The molecular weight excluding hydrogens is 160 g/mol. The quantitative estimate of drug-likeness (QED) is 0.230. The molecule has 0 rings (SSSR count). The third-order valence-electron chi connectivity index (χ3n) is 1.12. The standard InChI is InChI=1S/C7H14N2O3/c1-2-12-7(11)3-4-8-5-9-6-10/h6,8H,2-5H2,1H3,(H,9,10). The molecule has 0 unspecified atom stereocenters. The first-order chi connectivity index (χ1) is 5.81. The van der Waals surface area contributed by atoms with Crippen LogP contribution in [0.3, 0.4) is 0 Å². The van der Waals surface area contributed by atoms with Gasteiger partial charge in [0, 0.05) is 6.54 Å². The van der Waals surface area contributed by atoms with E-state index in [2.05, 4.69) is 15.4 Å². The van der Waals surface area contributed by atoms with Crippen molar-refractivity contribution in [2.45, 2.75) is 13.3 Å². The Morgan fingerprint density at radius 2 is 2.33 bits per heavy atom. The summed E-state index contributed by atoms with van der Waals surface area (Å²) >= 11 is 0. The van der Waals surface area contributed by atoms with Crippen LogP contribution in [0.25, 0.3) is 0 Å². The molecule has 0 aliphatic heterocycles. The van der Waals surface area contributed by atoms with E-state index in [1.165, 1.54) is 0 Å². The molecule has 0 aromatic rings. The number of esters is 1. The van der Waals surface area contributed by atoms with Gasteiger partial charge in [-0.05, 0) is 6.92 Å². The predicted molar refractivity (Wildman–Crippen MR) is 43.3 cm³/mol. The lowest BCUT2D eigenvalue weighted by Gasteiger charge is -2.02. The molecule has 5 heteroatoms. The highest BCUT2D eigenvalue weighted by atomic mass is 16.5. The summed E-state index contributed by atoms with van der Waals surface area (Å²) in [4.78, 5) is 20.5. The largest absolute Gasteiger partial charge is 0.466 e. The van der Waals surface area contributed by atoms with E-state index >= 15 is 0 Å². The highest BCUT2D eigenvalue weighted by Gasteiger charge is 1.98. The van der Waals surface area contributed by atoms with Gasteiger partial charge < -0.3 is 10.1 Å². The summed E-state index contributed by atoms with van der Waals surface area (Å²) in [5.41, 5.74) is 0. The van der Waals surface area contributed by atoms with Crippen LogP contribution in [0.1, 0.15) is 13.3 Å². The highest BCUT2D eigenvalue weighted by molar-refractivity contribution is 5.69. The van der Waals surface area contributed by atoms with Crippen molar-refractivity contribution in [3.8, 4) is 0 Å². The van der Waals surface area contributed by atoms with Crippen molar-refractivity contribution in [2.24, 2.45) is 0 Å². The minimum absolute atomic E-state index is 0.226. The summed E-state index contributed by atoms with van der Waals surface area (Å²) < 4.78 is 4.68. The van der Waals surface area contributed by atoms with Crippen molar-refractivity contribution < 1.29 is 14.3 Å². The van der Waals surface area contributed by atoms with Crippen LogP contribution in [0.4, 0.5) is 0 Å². The predicted octanol–water partition coefficient (Wildman–Crippen LogP) is -0.767. The monoisotopic (exact) mass is 174 g/mol. The van der Waals surface area contributed by atoms with Crippen molar-refractivity contribution in [1.29, 1.82) is 0 Å². The molecule has 0 atom stereocenters. The van der Waals surface area contributed by atoms with E-state index in [9.17, 15) is 9.59 Å². The maximum Gasteiger partial charge on any atom is 0.307 e. The smallest absolute Gasteiger partial charge is 0.307 e. The van der Waals surface area contributed by atoms with Crippen molar-refractivity contribution in [3.63, 3.8) is 0 Å². The number of carbonyl (C=O) groups is 2. The van der Waals surface area contributed by atoms with Crippen LogP contribution < -0.4 is 10.6 Å². The molecule has 0 aliphatic carbocycles. The molecule has 0 spiro atoms. The van der Waals surface area contributed by atoms with E-state index in [1.54, 1.807) is 6.92 Å². The Hall–Kier alpha value is -1.10. The van der Waals surface area contributed by atoms with Crippen LogP contribution in [0, 0.1) is 0 Å². The third-order valence-corrected chi connectivity index (χ3v) is 1.12. The first-order valence-corrected chi connectivity index (χ1v) is 3.84. The van der Waals surface area contributed by atoms with E-state index in [0.29, 0.717) is 32.7 Å². The number of hydrogen-bond acceptors (Lipinski definition) is 4. The lowest BCUT2D eigenvalue weighted by Crippen LogP contribution is -2.29. The number of amides is 1. The normalized spacial score (nSPS) is 9.08. The van der Waals surface area contributed by atoms with Crippen LogP contribution in [0.5, 0.6) is 0 Å². The fourth-order valence-electron chi connectivity index (χ4n) is 0.626. The van der Waals surface area contributed by atoms with E-state index in [-0.39, 0.29) is 5.97 Å². The minimum Gasteiger partial charge on any atom is -0.466 e. The van der Waals surface area contributed by atoms with Crippen molar-refractivity contribution in [1.82, 2.24) is 10.6 Å². The zero-order valence-electron chi connectivity index (χ0n) is 7.13. The first-order valence-electron chi connectivity index (χ1n) is 3.84. The van der Waals surface area contributed by atoms with E-state index < -0.39 is 0 Å². The average molecular weight is 174 g/mol. The van der Waals surface area contributed by atoms with Gasteiger partial charge in [0.2, 0.25) is 6.41 Å². The van der Waals surface area contributed by atoms with Gasteiger partial charge in [0.05, 0.1) is 19.7 Å². The van der Waals surface area contributed by atoms with Crippen molar-refractivity contribution >= 4 is 12.4 Å². The van der Waals surface area contributed by atoms with Gasteiger partial charge in [-0.25, -0.2) is 0 Å². The van der Waals surface area contributed by atoms with Crippen molar-refractivity contribution in [3.05, 3.63) is 0 Å². The van der Waals surface area contributed by atoms with Gasteiger partial charge in [0.1, 0.15) is 0 Å². The van der Waals surface area contributed by atoms with Gasteiger partial charge in [-0.3, -0.25) is 14.9 Å². The molecule has 0 bridgehead atoms. The summed E-state index contributed by atoms with van der Waals surface area (Å²) in [5, 5.41) is 5.24. The molecule has 0 aromatic heterocycles. The Morgan fingerprint density at radius 1 is 1.58 bits per heavy atom. The number of ether oxygens (including phenoxy) is 1. The Morgan fingerprint density at radius 3 is 2.92 bits per heavy atom. The van der Waals surface area contributed by atoms with Gasteiger partial charge in [-0.1, -0.05) is 0 Å². The zero-order chi connectivity index (χ0) is 9.23. The number of nitrogens with one attached hydrogen (secondary N) is 2. The van der Waals surface area contributed by atoms with Crippen LogP contribution in [0.2, 0.25) is 0 Å². The van der Waals surface area contributed by atoms with Gasteiger partial charge in [0.25, 0.3) is 0 Å². The second-order valence-electron chi connectivity index (χ2n) is 2.05. The summed E-state index contributed by atoms with van der Waals surface area (Å²) in [6.45, 7) is 3.06. The number of hydrogen-bond donors (Lipinski definition) is 2. The Kier molecular flexibility index (Phi) is 7.27. The summed E-state index contributed by atoms with van der Waals surface area (Å²) in [7, 11) is 0. The highest BCUT2D eigenvalue weighted by Crippen LogP contribution is 1.82. The average Bonchev–Trinajstić information content (AvgIpc) is 2.05. The Balaban J connectivity index is 3.08. The number of carbonyl (C=O) groups excluding carboxylic acids is 2. The molecule has 12 heavy (non-hydrogen) atoms. The molecule has 70 valence electrons. The van der Waals surface area contributed by atoms with E-state index in [4.69, 9.17) is 0 Å². The topological polar surface area (TPSA) is 67.4 Å². The summed E-state index contributed by atoms with van der Waals surface area (Å²) in [5.74, 6) is -0.226. The lowest BCUT2D eigenvalue weighted by molar-refractivity contribution is -0.142. The molecule has 5 nitrogen and oxygen atoms in total. The maximum absolute atomic E-state index is 10.7. The molecule has 2 N–H and O–H groups in total. The fourth-order valence-corrected chi connectivity index (χ4v) is 0.626. The molecule has 1 amide bonds. The molecule has 0 saturated carbocycles. The molecule has 0 heterocycles. The molecule has 0 aliphatic rings. The van der Waals surface area contributed by atoms with Gasteiger partial charge >= 0.3 is 5.97 Å². The summed E-state index contributed by atoms with van der Waals surface area (Å²) in [6, 6.07) is 0. The van der Waals surface area contributed by atoms with Gasteiger partial charge in [-0.2, -0.15) is 0 Å². The van der Waals surface area contributed by atoms with Crippen molar-refractivity contribution in [2.75, 3.05) is 19.8 Å². The molecule has 0 saturated heterocycles. The molecular formula is C7H14N2O3. The second kappa shape index (κ2) is 8.00. The van der Waals surface area contributed by atoms with E-state index in [0.717, 1.165) is 0 Å². The first kappa shape index (κ1) is 10.9. The Bertz CT molecular complexity index is 139. The second-order valence-corrected chi connectivity index (χ2v) is 2.05. The summed E-state index contributed by atoms with van der Waals surface area (Å²) in [6.07, 6.45) is 0.922. The van der Waals surface area contributed by atoms with E-state index in [1.807, 2.05) is 0 Å². The zero-order valence-corrected chi connectivity index (χ0v) is 7.13. The maximum atomic E-state index is 10.7. The van der Waals surface area contributed by atoms with Gasteiger partial charge in [0.15, 0.2) is 0 Å². The third kappa shape index (κ3) is 7.01. The van der Waals surface area contributed by atoms with Crippen LogP contribution in [-0.4, -0.2) is 32.2 Å². The fraction of sp³-hybridized carbons (Fsp3) is 0.714. The molecule has 0 aromatic carbocycles. The number of rotatable bonds is 7. The molecule has 0 fully saturated rings.